The van der Waals surface area contributed by atoms with E-state index in [-0.39, 0.29) is 10.8 Å². The van der Waals surface area contributed by atoms with Gasteiger partial charge < -0.3 is 0 Å². The Morgan fingerprint density at radius 2 is 1.67 bits per heavy atom. The zero-order valence-electron chi connectivity index (χ0n) is 14.3. The molecule has 0 aromatic carbocycles. The fourth-order valence-corrected chi connectivity index (χ4v) is 2.89. The third kappa shape index (κ3) is 9.50. The maximum absolute atomic E-state index is 11.7. The van der Waals surface area contributed by atoms with Crippen molar-refractivity contribution in [3.05, 3.63) is 32.3 Å². The maximum Gasteiger partial charge on any atom is 0.342 e. The smallest absolute Gasteiger partial charge is 0.295 e. The molecule has 24 heavy (non-hydrogen) atoms. The first kappa shape index (κ1) is 20.4. The molecule has 0 unspecified atom stereocenters. The summed E-state index contributed by atoms with van der Waals surface area (Å²) in [4.78, 5) is 36.0. The van der Waals surface area contributed by atoms with Crippen LogP contribution in [0.25, 0.3) is 0 Å². The number of hydrogen-bond acceptors (Lipinski definition) is 5. The minimum Gasteiger partial charge on any atom is -0.295 e. The summed E-state index contributed by atoms with van der Waals surface area (Å²) in [6, 6.07) is 0. The lowest BCUT2D eigenvalue weighted by Gasteiger charge is -2.01. The summed E-state index contributed by atoms with van der Waals surface area (Å²) >= 11 is 1.01. The number of nitrogens with zero attached hydrogens (tertiary/aromatic N) is 1. The van der Waals surface area contributed by atoms with Crippen molar-refractivity contribution in [3.63, 3.8) is 0 Å². The molecule has 1 aromatic heterocycles. The van der Waals surface area contributed by atoms with Crippen LogP contribution in [0.2, 0.25) is 0 Å². The van der Waals surface area contributed by atoms with Crippen molar-refractivity contribution >= 4 is 17.5 Å². The molecule has 0 aliphatic heterocycles. The Morgan fingerprint density at radius 3 is 2.29 bits per heavy atom. The Balaban J connectivity index is 2.09. The number of carbonyl (C=O) groups is 1. The third-order valence-electron chi connectivity index (χ3n) is 3.64. The quantitative estimate of drug-likeness (QED) is 0.321. The predicted octanol–water partition coefficient (Wildman–Crippen LogP) is 3.55. The zero-order chi connectivity index (χ0) is 17.6. The number of unbranched alkanes of at least 4 members (excludes halogenated alkanes) is 8. The highest BCUT2D eigenvalue weighted by molar-refractivity contribution is 8.02. The van der Waals surface area contributed by atoms with Crippen LogP contribution in [0, 0.1) is 0 Å². The molecule has 1 aromatic rings. The molecule has 134 valence electrons. The predicted molar refractivity (Wildman–Crippen MR) is 97.3 cm³/mol. The fourth-order valence-electron chi connectivity index (χ4n) is 2.28. The first-order valence-electron chi connectivity index (χ1n) is 8.68. The summed E-state index contributed by atoms with van der Waals surface area (Å²) in [7, 11) is 0. The maximum atomic E-state index is 11.7. The molecule has 6 nitrogen and oxygen atoms in total. The van der Waals surface area contributed by atoms with E-state index >= 15 is 0 Å². The van der Waals surface area contributed by atoms with Crippen LogP contribution in [-0.2, 0) is 4.79 Å². The second kappa shape index (κ2) is 12.8. The lowest BCUT2D eigenvalue weighted by molar-refractivity contribution is -0.114. The summed E-state index contributed by atoms with van der Waals surface area (Å²) in [5, 5.41) is 7.41. The Labute approximate surface area is 146 Å². The number of thioether (sulfide) groups is 1. The third-order valence-corrected chi connectivity index (χ3v) is 4.41. The minimum atomic E-state index is -0.644. The molecule has 0 amide bonds. The molecular formula is C17H27N3O3S. The van der Waals surface area contributed by atoms with Crippen LogP contribution in [0.5, 0.6) is 0 Å². The van der Waals surface area contributed by atoms with E-state index in [1.54, 1.807) is 0 Å². The number of carbonyl (C=O) groups excluding carboxylic acids is 1. The molecule has 7 heteroatoms. The van der Waals surface area contributed by atoms with E-state index in [0.29, 0.717) is 6.42 Å². The molecule has 0 fully saturated rings. The van der Waals surface area contributed by atoms with E-state index in [0.717, 1.165) is 24.6 Å². The van der Waals surface area contributed by atoms with Crippen molar-refractivity contribution in [2.75, 3.05) is 0 Å². The molecule has 0 radical (unpaired) electrons. The molecule has 2 N–H and O–H groups in total. The molecule has 0 atom stereocenters. The van der Waals surface area contributed by atoms with Crippen LogP contribution < -0.4 is 11.2 Å². The van der Waals surface area contributed by atoms with E-state index < -0.39 is 11.2 Å². The van der Waals surface area contributed by atoms with Crippen molar-refractivity contribution in [1.29, 1.82) is 0 Å². The summed E-state index contributed by atoms with van der Waals surface area (Å²) in [6.45, 7) is 2.22. The van der Waals surface area contributed by atoms with Crippen LogP contribution in [0.4, 0.5) is 0 Å². The number of aromatic nitrogens is 3. The first-order chi connectivity index (χ1) is 11.6. The number of nitrogens with one attached hydrogen (secondary N) is 2. The molecule has 0 bridgehead atoms. The summed E-state index contributed by atoms with van der Waals surface area (Å²) < 4.78 is 0. The van der Waals surface area contributed by atoms with Gasteiger partial charge in [0.2, 0.25) is 0 Å². The molecular weight excluding hydrogens is 326 g/mol. The highest BCUT2D eigenvalue weighted by Gasteiger charge is 2.01. The Morgan fingerprint density at radius 1 is 1.04 bits per heavy atom. The SMILES string of the molecule is CCCCCCCCCCCC(=O)C=CSc1n[nH]c(=O)[nH]c1=O. The van der Waals surface area contributed by atoms with Crippen LogP contribution in [0.3, 0.4) is 0 Å². The average Bonchev–Trinajstić information content (AvgIpc) is 2.55. The lowest BCUT2D eigenvalue weighted by atomic mass is 10.1. The highest BCUT2D eigenvalue weighted by Crippen LogP contribution is 2.12. The van der Waals surface area contributed by atoms with Crippen molar-refractivity contribution < 1.29 is 4.79 Å². The molecule has 0 saturated carbocycles. The van der Waals surface area contributed by atoms with Gasteiger partial charge in [0.15, 0.2) is 10.8 Å². The molecule has 1 heterocycles. The standard InChI is InChI=1S/C17H27N3O3S/c1-2-3-4-5-6-7-8-9-10-11-14(21)12-13-24-16-15(22)18-17(23)20-19-16/h12-13H,2-11H2,1H3,(H2,18,20,22,23). The average molecular weight is 353 g/mol. The number of hydrogen-bond donors (Lipinski definition) is 2. The van der Waals surface area contributed by atoms with E-state index in [1.807, 2.05) is 0 Å². The van der Waals surface area contributed by atoms with Crippen molar-refractivity contribution in [2.45, 2.75) is 76.2 Å². The van der Waals surface area contributed by atoms with Gasteiger partial charge in [0.1, 0.15) is 0 Å². The highest BCUT2D eigenvalue weighted by atomic mass is 32.2. The summed E-state index contributed by atoms with van der Waals surface area (Å²) in [6.07, 6.45) is 13.0. The molecule has 0 saturated heterocycles. The van der Waals surface area contributed by atoms with Crippen LogP contribution in [0.15, 0.2) is 26.1 Å². The van der Waals surface area contributed by atoms with Gasteiger partial charge in [0.25, 0.3) is 5.56 Å². The molecule has 1 rings (SSSR count). The zero-order valence-corrected chi connectivity index (χ0v) is 15.1. The van der Waals surface area contributed by atoms with Gasteiger partial charge in [0.05, 0.1) is 0 Å². The number of H-pyrrole nitrogens is 2. The van der Waals surface area contributed by atoms with Gasteiger partial charge in [-0.1, -0.05) is 70.1 Å². The monoisotopic (exact) mass is 353 g/mol. The van der Waals surface area contributed by atoms with Crippen molar-refractivity contribution in [2.24, 2.45) is 0 Å². The number of allylic oxidation sites excluding steroid dienone is 1. The van der Waals surface area contributed by atoms with Gasteiger partial charge in [0, 0.05) is 6.42 Å². The van der Waals surface area contributed by atoms with Crippen LogP contribution >= 0.6 is 11.8 Å². The van der Waals surface area contributed by atoms with Crippen molar-refractivity contribution in [1.82, 2.24) is 15.2 Å². The van der Waals surface area contributed by atoms with Crippen LogP contribution in [0.1, 0.15) is 71.1 Å². The second-order valence-corrected chi connectivity index (χ2v) is 6.67. The summed E-state index contributed by atoms with van der Waals surface area (Å²) in [5.74, 6) is 0.0475. The van der Waals surface area contributed by atoms with E-state index in [4.69, 9.17) is 0 Å². The Hall–Kier alpha value is -1.63. The van der Waals surface area contributed by atoms with Gasteiger partial charge in [-0.2, -0.15) is 5.10 Å². The summed E-state index contributed by atoms with van der Waals surface area (Å²) in [5.41, 5.74) is -1.20. The second-order valence-electron chi connectivity index (χ2n) is 5.78. The van der Waals surface area contributed by atoms with Gasteiger partial charge in [-0.25, -0.2) is 9.89 Å². The number of aromatic amines is 2. The normalized spacial score (nSPS) is 11.2. The minimum absolute atomic E-state index is 0.0475. The first-order valence-corrected chi connectivity index (χ1v) is 9.56. The topological polar surface area (TPSA) is 95.7 Å². The van der Waals surface area contributed by atoms with E-state index in [2.05, 4.69) is 22.1 Å². The van der Waals surface area contributed by atoms with Crippen LogP contribution in [-0.4, -0.2) is 21.0 Å². The lowest BCUT2D eigenvalue weighted by Crippen LogP contribution is -2.24. The number of ketones is 1. The molecule has 0 aliphatic rings. The number of rotatable bonds is 13. The van der Waals surface area contributed by atoms with E-state index in [1.165, 1.54) is 56.4 Å². The fraction of sp³-hybridized carbons (Fsp3) is 0.647. The van der Waals surface area contributed by atoms with Crippen molar-refractivity contribution in [3.8, 4) is 0 Å². The molecule has 0 spiro atoms. The van der Waals surface area contributed by atoms with Gasteiger partial charge in [-0.15, -0.1) is 0 Å². The van der Waals surface area contributed by atoms with Gasteiger partial charge in [-0.05, 0) is 17.9 Å². The largest absolute Gasteiger partial charge is 0.342 e. The molecule has 0 aliphatic carbocycles. The Bertz CT molecular complexity index is 622. The van der Waals surface area contributed by atoms with Gasteiger partial charge >= 0.3 is 5.69 Å². The van der Waals surface area contributed by atoms with E-state index in [9.17, 15) is 14.4 Å². The van der Waals surface area contributed by atoms with Gasteiger partial charge in [-0.3, -0.25) is 14.6 Å². The Kier molecular flexibility index (Phi) is 10.8.